The zero-order valence-electron chi connectivity index (χ0n) is 16.4. The standard InChI is InChI=1S/C24H24N2S3/c1-2-3-19-29(27-20-25,28-21-26,22-13-7-4-8-14-22,23-15-9-5-10-16-23)24-17-11-6-12-18-24/h4-18H,2-3,19H2,1H3. The molecule has 29 heavy (non-hydrogen) atoms. The molecular formula is C24H24N2S3. The van der Waals surface area contributed by atoms with Crippen molar-refractivity contribution >= 4 is 27.9 Å². The van der Waals surface area contributed by atoms with Gasteiger partial charge in [-0.25, -0.2) is 0 Å². The first kappa shape index (κ1) is 21.4. The van der Waals surface area contributed by atoms with Gasteiger partial charge in [-0.05, 0) is 48.6 Å². The molecule has 0 aliphatic rings. The van der Waals surface area contributed by atoms with Gasteiger partial charge in [-0.3, -0.25) is 0 Å². The monoisotopic (exact) mass is 436 g/mol. The van der Waals surface area contributed by atoms with Crippen molar-refractivity contribution in [3.05, 3.63) is 91.0 Å². The largest absolute Gasteiger partial charge is 0.184 e. The molecule has 5 heteroatoms. The van der Waals surface area contributed by atoms with Crippen LogP contribution >= 0.6 is 27.9 Å². The van der Waals surface area contributed by atoms with E-state index in [0.29, 0.717) is 0 Å². The smallest absolute Gasteiger partial charge is 0.143 e. The summed E-state index contributed by atoms with van der Waals surface area (Å²) in [5.41, 5.74) is 0. The molecule has 0 fully saturated rings. The number of nitrogens with zero attached hydrogens (tertiary/aromatic N) is 2. The zero-order valence-corrected chi connectivity index (χ0v) is 18.9. The van der Waals surface area contributed by atoms with E-state index in [2.05, 4.69) is 54.1 Å². The first-order chi connectivity index (χ1) is 14.1. The van der Waals surface area contributed by atoms with Crippen LogP contribution in [-0.2, 0) is 0 Å². The molecule has 0 heterocycles. The second kappa shape index (κ2) is 8.20. The van der Waals surface area contributed by atoms with Crippen LogP contribution in [0.3, 0.4) is 0 Å². The molecule has 0 atom stereocenters. The number of unbranched alkanes of at least 4 members (excludes halogenated alkanes) is 1. The van der Waals surface area contributed by atoms with Gasteiger partial charge in [0.05, 0.1) is 0 Å². The van der Waals surface area contributed by atoms with Crippen molar-refractivity contribution in [2.24, 2.45) is 0 Å². The number of rotatable bonds is 8. The molecule has 148 valence electrons. The van der Waals surface area contributed by atoms with Crippen molar-refractivity contribution in [2.45, 2.75) is 34.5 Å². The van der Waals surface area contributed by atoms with Crippen LogP contribution in [0.4, 0.5) is 0 Å². The Morgan fingerprint density at radius 2 is 1.00 bits per heavy atom. The molecule has 2 nitrogen and oxygen atoms in total. The first-order valence-corrected chi connectivity index (χ1v) is 14.8. The van der Waals surface area contributed by atoms with E-state index in [-0.39, 0.29) is 0 Å². The van der Waals surface area contributed by atoms with Crippen molar-refractivity contribution in [1.82, 2.24) is 0 Å². The molecule has 0 radical (unpaired) electrons. The quantitative estimate of drug-likeness (QED) is 0.264. The maximum absolute atomic E-state index is 10.3. The molecule has 3 aromatic rings. The fraction of sp³-hybridized carbons (Fsp3) is 0.167. The van der Waals surface area contributed by atoms with Crippen molar-refractivity contribution in [2.75, 3.05) is 5.75 Å². The minimum atomic E-state index is -3.93. The van der Waals surface area contributed by atoms with Gasteiger partial charge in [0.25, 0.3) is 0 Å². The minimum Gasteiger partial charge on any atom is -0.184 e. The lowest BCUT2D eigenvalue weighted by Crippen LogP contribution is -2.33. The van der Waals surface area contributed by atoms with E-state index < -0.39 is 6.36 Å². The number of benzene rings is 3. The number of nitriles is 2. The summed E-state index contributed by atoms with van der Waals surface area (Å²) < 4.78 is 0. The molecule has 0 aliphatic carbocycles. The zero-order chi connectivity index (χ0) is 20.7. The second-order valence-electron chi connectivity index (χ2n) is 6.89. The average Bonchev–Trinajstić information content (AvgIpc) is 2.80. The summed E-state index contributed by atoms with van der Waals surface area (Å²) in [6, 6.07) is 30.7. The molecular weight excluding hydrogens is 412 g/mol. The van der Waals surface area contributed by atoms with Gasteiger partial charge in [0.2, 0.25) is 0 Å². The van der Waals surface area contributed by atoms with Crippen LogP contribution in [0, 0.1) is 21.3 Å². The number of thiocyanates is 2. The summed E-state index contributed by atoms with van der Waals surface area (Å²) in [6.45, 7) is 2.16. The van der Waals surface area contributed by atoms with E-state index in [4.69, 9.17) is 0 Å². The molecule has 3 rings (SSSR count). The van der Waals surface area contributed by atoms with Gasteiger partial charge < -0.3 is 0 Å². The van der Waals surface area contributed by atoms with Crippen molar-refractivity contribution < 1.29 is 0 Å². The molecule has 0 unspecified atom stereocenters. The fourth-order valence-electron chi connectivity index (χ4n) is 4.12. The van der Waals surface area contributed by atoms with Crippen LogP contribution in [0.2, 0.25) is 0 Å². The van der Waals surface area contributed by atoms with Gasteiger partial charge in [-0.2, -0.15) is 10.5 Å². The van der Waals surface area contributed by atoms with E-state index in [1.807, 2.05) is 54.6 Å². The van der Waals surface area contributed by atoms with Crippen molar-refractivity contribution in [1.29, 1.82) is 10.5 Å². The van der Waals surface area contributed by atoms with Crippen molar-refractivity contribution in [3.63, 3.8) is 0 Å². The fourth-order valence-corrected chi connectivity index (χ4v) is 17.4. The third-order valence-corrected chi connectivity index (χ3v) is 20.9. The maximum Gasteiger partial charge on any atom is 0.143 e. The van der Waals surface area contributed by atoms with Gasteiger partial charge in [0.1, 0.15) is 10.8 Å². The maximum atomic E-state index is 10.3. The second-order valence-corrected chi connectivity index (χ2v) is 19.5. The molecule has 0 spiro atoms. The summed E-state index contributed by atoms with van der Waals surface area (Å²) in [6.07, 6.45) is -2.05. The van der Waals surface area contributed by atoms with Gasteiger partial charge in [0, 0.05) is 36.3 Å². The Hall–Kier alpha value is -2.31. The topological polar surface area (TPSA) is 47.6 Å². The third kappa shape index (κ3) is 2.89. The Labute approximate surface area is 180 Å². The SMILES string of the molecule is CCCCS(SC#N)(SC#N)(c1ccccc1)(c1ccccc1)c1ccccc1. The molecule has 0 amide bonds. The highest BCUT2D eigenvalue weighted by Gasteiger charge is 2.67. The normalized spacial score (nSPS) is 13.5. The Morgan fingerprint density at radius 3 is 1.28 bits per heavy atom. The highest BCUT2D eigenvalue weighted by molar-refractivity contribution is 9.42. The third-order valence-electron chi connectivity index (χ3n) is 5.50. The highest BCUT2D eigenvalue weighted by Crippen LogP contribution is 3.14. The van der Waals surface area contributed by atoms with E-state index in [1.54, 1.807) is 0 Å². The predicted octanol–water partition coefficient (Wildman–Crippen LogP) is 8.10. The van der Waals surface area contributed by atoms with Crippen molar-refractivity contribution in [3.8, 4) is 10.8 Å². The predicted molar refractivity (Wildman–Crippen MR) is 128 cm³/mol. The van der Waals surface area contributed by atoms with Crippen LogP contribution in [0.25, 0.3) is 0 Å². The van der Waals surface area contributed by atoms with E-state index in [0.717, 1.165) is 33.3 Å². The van der Waals surface area contributed by atoms with Crippen LogP contribution in [0.5, 0.6) is 0 Å². The van der Waals surface area contributed by atoms with Crippen LogP contribution in [-0.4, -0.2) is 5.75 Å². The summed E-state index contributed by atoms with van der Waals surface area (Å²) in [5, 5.41) is 25.5. The Balaban J connectivity index is 2.70. The Bertz CT molecular complexity index is 930. The lowest BCUT2D eigenvalue weighted by molar-refractivity contribution is 0.884. The Kier molecular flexibility index (Phi) is 6.05. The highest BCUT2D eigenvalue weighted by atomic mass is 33.6. The van der Waals surface area contributed by atoms with Gasteiger partial charge in [-0.1, -0.05) is 67.9 Å². The Morgan fingerprint density at radius 1 is 0.655 bits per heavy atom. The summed E-state index contributed by atoms with van der Waals surface area (Å²) in [7, 11) is 2.61. The lowest BCUT2D eigenvalue weighted by atomic mass is 10.3. The molecule has 0 N–H and O–H groups in total. The minimum absolute atomic E-state index is 0.727. The molecule has 3 aromatic carbocycles. The molecule has 0 bridgehead atoms. The van der Waals surface area contributed by atoms with Crippen LogP contribution in [0.15, 0.2) is 106 Å². The van der Waals surface area contributed by atoms with Crippen LogP contribution < -0.4 is 0 Å². The molecule has 0 saturated heterocycles. The average molecular weight is 437 g/mol. The molecule has 0 aromatic heterocycles. The first-order valence-electron chi connectivity index (χ1n) is 9.53. The summed E-state index contributed by atoms with van der Waals surface area (Å²) in [4.78, 5) is 3.16. The van der Waals surface area contributed by atoms with Gasteiger partial charge >= 0.3 is 0 Å². The lowest BCUT2D eigenvalue weighted by Gasteiger charge is -2.75. The van der Waals surface area contributed by atoms with E-state index in [9.17, 15) is 10.5 Å². The summed E-state index contributed by atoms with van der Waals surface area (Å²) >= 11 is 0. The number of hydrogen-bond donors (Lipinski definition) is 0. The van der Waals surface area contributed by atoms with Gasteiger partial charge in [-0.15, -0.1) is 6.36 Å². The van der Waals surface area contributed by atoms with Gasteiger partial charge in [0.15, 0.2) is 0 Å². The van der Waals surface area contributed by atoms with E-state index in [1.165, 1.54) is 21.6 Å². The van der Waals surface area contributed by atoms with Crippen LogP contribution in [0.1, 0.15) is 19.8 Å². The van der Waals surface area contributed by atoms with E-state index >= 15 is 0 Å². The molecule has 0 saturated carbocycles. The summed E-state index contributed by atoms with van der Waals surface area (Å²) in [5.74, 6) is 0.727. The number of hydrogen-bond acceptors (Lipinski definition) is 4. The molecule has 0 aliphatic heterocycles.